The zero-order valence-electron chi connectivity index (χ0n) is 9.95. The van der Waals surface area contributed by atoms with Gasteiger partial charge in [0, 0.05) is 30.0 Å². The first-order valence-corrected chi connectivity index (χ1v) is 6.77. The molecule has 0 aromatic heterocycles. The Hall–Kier alpha value is -0.220. The van der Waals surface area contributed by atoms with Crippen LogP contribution in [0.2, 0.25) is 0 Å². The van der Waals surface area contributed by atoms with Gasteiger partial charge in [-0.3, -0.25) is 4.79 Å². The van der Waals surface area contributed by atoms with Gasteiger partial charge in [0.25, 0.3) is 0 Å². The third-order valence-corrected chi connectivity index (χ3v) is 4.36. The van der Waals surface area contributed by atoms with E-state index in [1.807, 2.05) is 18.8 Å². The molecule has 3 nitrogen and oxygen atoms in total. The fourth-order valence-electron chi connectivity index (χ4n) is 1.85. The first-order chi connectivity index (χ1) is 7.16. The van der Waals surface area contributed by atoms with Gasteiger partial charge >= 0.3 is 0 Å². The Labute approximate surface area is 97.0 Å². The van der Waals surface area contributed by atoms with Crippen LogP contribution in [-0.4, -0.2) is 48.0 Å². The maximum Gasteiger partial charge on any atom is 0.222 e. The molecule has 1 aliphatic heterocycles. The summed E-state index contributed by atoms with van der Waals surface area (Å²) < 4.78 is 0. The van der Waals surface area contributed by atoms with Crippen LogP contribution in [0, 0.1) is 0 Å². The van der Waals surface area contributed by atoms with E-state index in [9.17, 15) is 4.79 Å². The van der Waals surface area contributed by atoms with Crippen molar-refractivity contribution >= 4 is 17.7 Å². The third kappa shape index (κ3) is 3.68. The van der Waals surface area contributed by atoms with Crippen LogP contribution >= 0.6 is 11.8 Å². The van der Waals surface area contributed by atoms with E-state index < -0.39 is 0 Å². The Morgan fingerprint density at radius 3 is 2.93 bits per heavy atom. The lowest BCUT2D eigenvalue weighted by molar-refractivity contribution is -0.133. The number of carbonyl (C=O) groups excluding carboxylic acids is 1. The second-order valence-corrected chi connectivity index (χ2v) is 5.60. The van der Waals surface area contributed by atoms with Crippen molar-refractivity contribution in [3.8, 4) is 0 Å². The number of hydrogen-bond acceptors (Lipinski definition) is 3. The van der Waals surface area contributed by atoms with Crippen LogP contribution in [0.4, 0.5) is 0 Å². The molecule has 2 atom stereocenters. The van der Waals surface area contributed by atoms with E-state index in [-0.39, 0.29) is 0 Å². The van der Waals surface area contributed by atoms with E-state index in [1.165, 1.54) is 0 Å². The maximum atomic E-state index is 11.9. The van der Waals surface area contributed by atoms with Gasteiger partial charge in [0.1, 0.15) is 0 Å². The van der Waals surface area contributed by atoms with Gasteiger partial charge in [-0.1, -0.05) is 6.92 Å². The molecule has 0 aromatic carbocycles. The number of amides is 1. The molecule has 0 spiro atoms. The van der Waals surface area contributed by atoms with E-state index in [4.69, 9.17) is 0 Å². The summed E-state index contributed by atoms with van der Waals surface area (Å²) in [6.45, 7) is 6.22. The maximum absolute atomic E-state index is 11.9. The molecule has 4 heteroatoms. The van der Waals surface area contributed by atoms with E-state index in [0.717, 1.165) is 25.3 Å². The molecule has 0 saturated carbocycles. The lowest BCUT2D eigenvalue weighted by Crippen LogP contribution is -2.48. The van der Waals surface area contributed by atoms with E-state index >= 15 is 0 Å². The van der Waals surface area contributed by atoms with Crippen LogP contribution in [0.25, 0.3) is 0 Å². The highest BCUT2D eigenvalue weighted by atomic mass is 32.2. The Bertz CT molecular complexity index is 211. The van der Waals surface area contributed by atoms with Crippen LogP contribution in [0.1, 0.15) is 26.7 Å². The van der Waals surface area contributed by atoms with Gasteiger partial charge < -0.3 is 10.2 Å². The lowest BCUT2D eigenvalue weighted by atomic mass is 10.1. The Morgan fingerprint density at radius 1 is 1.53 bits per heavy atom. The molecule has 1 saturated heterocycles. The van der Waals surface area contributed by atoms with Crippen LogP contribution in [0.5, 0.6) is 0 Å². The Morgan fingerprint density at radius 2 is 2.27 bits per heavy atom. The molecule has 0 bridgehead atoms. The van der Waals surface area contributed by atoms with Crippen molar-refractivity contribution in [1.29, 1.82) is 0 Å². The zero-order chi connectivity index (χ0) is 11.3. The van der Waals surface area contributed by atoms with Crippen molar-refractivity contribution in [3.63, 3.8) is 0 Å². The van der Waals surface area contributed by atoms with Crippen LogP contribution in [0.3, 0.4) is 0 Å². The summed E-state index contributed by atoms with van der Waals surface area (Å²) in [5, 5.41) is 3.65. The summed E-state index contributed by atoms with van der Waals surface area (Å²) in [5.41, 5.74) is 0. The van der Waals surface area contributed by atoms with Crippen molar-refractivity contribution < 1.29 is 4.79 Å². The molecule has 1 fully saturated rings. The van der Waals surface area contributed by atoms with Crippen molar-refractivity contribution in [3.05, 3.63) is 0 Å². The van der Waals surface area contributed by atoms with Gasteiger partial charge in [0.05, 0.1) is 0 Å². The number of hydrogen-bond donors (Lipinski definition) is 1. The lowest BCUT2D eigenvalue weighted by Gasteiger charge is -2.37. The standard InChI is InChI=1S/C11H22N2OS/c1-9-10(2)15-8-7-13(9)11(14)5-4-6-12-3/h9-10,12H,4-8H2,1-3H3. The van der Waals surface area contributed by atoms with Gasteiger partial charge in [-0.25, -0.2) is 0 Å². The highest BCUT2D eigenvalue weighted by Gasteiger charge is 2.28. The second kappa shape index (κ2) is 6.38. The number of nitrogens with zero attached hydrogens (tertiary/aromatic N) is 1. The van der Waals surface area contributed by atoms with Crippen LogP contribution in [-0.2, 0) is 4.79 Å². The summed E-state index contributed by atoms with van der Waals surface area (Å²) in [4.78, 5) is 14.0. The molecule has 1 amide bonds. The number of nitrogens with one attached hydrogen (secondary N) is 1. The molecule has 0 radical (unpaired) electrons. The summed E-state index contributed by atoms with van der Waals surface area (Å²) in [5.74, 6) is 1.41. The average Bonchev–Trinajstić information content (AvgIpc) is 2.22. The van der Waals surface area contributed by atoms with Crippen molar-refractivity contribution in [1.82, 2.24) is 10.2 Å². The molecule has 1 heterocycles. The normalized spacial score (nSPS) is 26.7. The molecule has 15 heavy (non-hydrogen) atoms. The van der Waals surface area contributed by atoms with Gasteiger partial charge in [-0.15, -0.1) is 0 Å². The van der Waals surface area contributed by atoms with Crippen molar-refractivity contribution in [2.45, 2.75) is 38.0 Å². The number of rotatable bonds is 4. The summed E-state index contributed by atoms with van der Waals surface area (Å²) in [7, 11) is 1.92. The van der Waals surface area contributed by atoms with Gasteiger partial charge in [0.15, 0.2) is 0 Å². The summed E-state index contributed by atoms with van der Waals surface area (Å²) in [6, 6.07) is 0.394. The fourth-order valence-corrected chi connectivity index (χ4v) is 2.94. The Kier molecular flexibility index (Phi) is 5.47. The minimum atomic E-state index is 0.324. The highest BCUT2D eigenvalue weighted by molar-refractivity contribution is 8.00. The smallest absolute Gasteiger partial charge is 0.222 e. The third-order valence-electron chi connectivity index (χ3n) is 3.02. The average molecular weight is 230 g/mol. The SMILES string of the molecule is CNCCCC(=O)N1CCSC(C)C1C. The van der Waals surface area contributed by atoms with E-state index in [0.29, 0.717) is 23.6 Å². The predicted molar refractivity (Wildman–Crippen MR) is 66.3 cm³/mol. The molecule has 2 unspecified atom stereocenters. The van der Waals surface area contributed by atoms with E-state index in [1.54, 1.807) is 0 Å². The van der Waals surface area contributed by atoms with Crippen molar-refractivity contribution in [2.75, 3.05) is 25.9 Å². The number of thioether (sulfide) groups is 1. The topological polar surface area (TPSA) is 32.3 Å². The quantitative estimate of drug-likeness (QED) is 0.740. The zero-order valence-corrected chi connectivity index (χ0v) is 10.8. The molecular weight excluding hydrogens is 208 g/mol. The predicted octanol–water partition coefficient (Wildman–Crippen LogP) is 1.34. The van der Waals surface area contributed by atoms with Crippen LogP contribution in [0.15, 0.2) is 0 Å². The number of carbonyl (C=O) groups is 1. The Balaban J connectivity index is 2.37. The molecular formula is C11H22N2OS. The van der Waals surface area contributed by atoms with Gasteiger partial charge in [-0.2, -0.15) is 11.8 Å². The molecule has 0 aromatic rings. The highest BCUT2D eigenvalue weighted by Crippen LogP contribution is 2.24. The molecule has 88 valence electrons. The summed E-state index contributed by atoms with van der Waals surface area (Å²) >= 11 is 1.97. The summed E-state index contributed by atoms with van der Waals surface area (Å²) in [6.07, 6.45) is 1.63. The van der Waals surface area contributed by atoms with Crippen LogP contribution < -0.4 is 5.32 Å². The minimum Gasteiger partial charge on any atom is -0.338 e. The monoisotopic (exact) mass is 230 g/mol. The van der Waals surface area contributed by atoms with Gasteiger partial charge in [0.2, 0.25) is 5.91 Å². The molecule has 0 aliphatic carbocycles. The van der Waals surface area contributed by atoms with Crippen molar-refractivity contribution in [2.24, 2.45) is 0 Å². The fraction of sp³-hybridized carbons (Fsp3) is 0.909. The first-order valence-electron chi connectivity index (χ1n) is 5.72. The van der Waals surface area contributed by atoms with Gasteiger partial charge in [-0.05, 0) is 26.9 Å². The molecule has 1 aliphatic rings. The largest absolute Gasteiger partial charge is 0.338 e. The van der Waals surface area contributed by atoms with E-state index in [2.05, 4.69) is 24.1 Å². The minimum absolute atomic E-state index is 0.324. The second-order valence-electron chi connectivity index (χ2n) is 4.11. The molecule has 1 rings (SSSR count). The first kappa shape index (κ1) is 12.8. The molecule has 1 N–H and O–H groups in total.